The number of anilines is 1. The van der Waals surface area contributed by atoms with E-state index < -0.39 is 0 Å². The van der Waals surface area contributed by atoms with Crippen LogP contribution < -0.4 is 9.64 Å². The summed E-state index contributed by atoms with van der Waals surface area (Å²) in [7, 11) is 1.56. The summed E-state index contributed by atoms with van der Waals surface area (Å²) >= 11 is 0. The number of methoxy groups -OCH3 is 1. The van der Waals surface area contributed by atoms with Crippen LogP contribution in [0.15, 0.2) is 46.9 Å². The van der Waals surface area contributed by atoms with Crippen molar-refractivity contribution in [2.75, 3.05) is 38.2 Å². The highest BCUT2D eigenvalue weighted by Gasteiger charge is 2.25. The number of aromatic nitrogens is 2. The Balaban J connectivity index is 1.43. The van der Waals surface area contributed by atoms with Gasteiger partial charge in [-0.15, -0.1) is 10.2 Å². The number of para-hydroxylation sites is 1. The number of furan rings is 1. The predicted octanol–water partition coefficient (Wildman–Crippen LogP) is 2.19. The van der Waals surface area contributed by atoms with E-state index in [9.17, 15) is 4.79 Å². The molecule has 7 heteroatoms. The van der Waals surface area contributed by atoms with Crippen molar-refractivity contribution >= 4 is 22.7 Å². The minimum atomic E-state index is -0.0725. The number of fused-ring (bicyclic) bond motifs is 1. The van der Waals surface area contributed by atoms with Crippen LogP contribution in [0.5, 0.6) is 5.88 Å². The number of ether oxygens (including phenoxy) is 1. The van der Waals surface area contributed by atoms with E-state index in [4.69, 9.17) is 9.15 Å². The highest BCUT2D eigenvalue weighted by Crippen LogP contribution is 2.21. The first-order valence-electron chi connectivity index (χ1n) is 8.15. The molecule has 0 radical (unpaired) electrons. The van der Waals surface area contributed by atoms with Crippen LogP contribution in [0.1, 0.15) is 10.6 Å². The van der Waals surface area contributed by atoms with Gasteiger partial charge in [0.25, 0.3) is 5.91 Å². The van der Waals surface area contributed by atoms with E-state index in [2.05, 4.69) is 15.1 Å². The Morgan fingerprint density at radius 3 is 2.56 bits per heavy atom. The summed E-state index contributed by atoms with van der Waals surface area (Å²) in [4.78, 5) is 16.6. The predicted molar refractivity (Wildman–Crippen MR) is 92.9 cm³/mol. The van der Waals surface area contributed by atoms with E-state index in [0.717, 1.165) is 16.8 Å². The summed E-state index contributed by atoms with van der Waals surface area (Å²) in [5, 5.41) is 9.09. The SMILES string of the molecule is COc1ccc(N2CCN(C(=O)c3cc4ccccc4o3)CC2)nn1. The molecule has 1 amide bonds. The van der Waals surface area contributed by atoms with Gasteiger partial charge in [-0.05, 0) is 18.2 Å². The highest BCUT2D eigenvalue weighted by molar-refractivity contribution is 5.96. The molecule has 1 fully saturated rings. The summed E-state index contributed by atoms with van der Waals surface area (Å²) in [6.07, 6.45) is 0. The van der Waals surface area contributed by atoms with E-state index in [-0.39, 0.29) is 5.91 Å². The summed E-state index contributed by atoms with van der Waals surface area (Å²) in [5.74, 6) is 1.59. The van der Waals surface area contributed by atoms with Crippen LogP contribution in [-0.4, -0.2) is 54.3 Å². The average molecular weight is 338 g/mol. The molecule has 0 N–H and O–H groups in total. The molecular formula is C18H18N4O3. The Bertz CT molecular complexity index is 850. The molecule has 0 unspecified atom stereocenters. The van der Waals surface area contributed by atoms with Crippen LogP contribution in [0.3, 0.4) is 0 Å². The topological polar surface area (TPSA) is 71.7 Å². The van der Waals surface area contributed by atoms with Gasteiger partial charge in [0.05, 0.1) is 7.11 Å². The van der Waals surface area contributed by atoms with Gasteiger partial charge in [-0.2, -0.15) is 0 Å². The smallest absolute Gasteiger partial charge is 0.289 e. The van der Waals surface area contributed by atoms with E-state index >= 15 is 0 Å². The second kappa shape index (κ2) is 6.43. The van der Waals surface area contributed by atoms with Crippen molar-refractivity contribution in [1.82, 2.24) is 15.1 Å². The van der Waals surface area contributed by atoms with Gasteiger partial charge in [0.15, 0.2) is 11.6 Å². The molecule has 0 saturated carbocycles. The number of hydrogen-bond donors (Lipinski definition) is 0. The lowest BCUT2D eigenvalue weighted by Gasteiger charge is -2.34. The van der Waals surface area contributed by atoms with Crippen molar-refractivity contribution in [2.45, 2.75) is 0 Å². The van der Waals surface area contributed by atoms with Crippen molar-refractivity contribution in [3.63, 3.8) is 0 Å². The zero-order valence-corrected chi connectivity index (χ0v) is 13.9. The van der Waals surface area contributed by atoms with Crippen molar-refractivity contribution in [1.29, 1.82) is 0 Å². The lowest BCUT2D eigenvalue weighted by atomic mass is 10.2. The Kier molecular flexibility index (Phi) is 3.97. The number of amides is 1. The van der Waals surface area contributed by atoms with E-state index in [1.165, 1.54) is 0 Å². The van der Waals surface area contributed by atoms with Gasteiger partial charge < -0.3 is 19.0 Å². The minimum absolute atomic E-state index is 0.0725. The lowest BCUT2D eigenvalue weighted by molar-refractivity contribution is 0.0717. The second-order valence-corrected chi connectivity index (χ2v) is 5.86. The fourth-order valence-electron chi connectivity index (χ4n) is 2.97. The first-order chi connectivity index (χ1) is 12.2. The maximum Gasteiger partial charge on any atom is 0.289 e. The van der Waals surface area contributed by atoms with Crippen LogP contribution >= 0.6 is 0 Å². The molecule has 25 heavy (non-hydrogen) atoms. The normalized spacial score (nSPS) is 14.8. The first-order valence-corrected chi connectivity index (χ1v) is 8.15. The van der Waals surface area contributed by atoms with E-state index in [0.29, 0.717) is 37.8 Å². The van der Waals surface area contributed by atoms with Gasteiger partial charge in [-0.1, -0.05) is 18.2 Å². The van der Waals surface area contributed by atoms with Gasteiger partial charge in [0, 0.05) is 37.6 Å². The van der Waals surface area contributed by atoms with Gasteiger partial charge in [0.2, 0.25) is 5.88 Å². The van der Waals surface area contributed by atoms with Crippen molar-refractivity contribution in [2.24, 2.45) is 0 Å². The van der Waals surface area contributed by atoms with E-state index in [1.807, 2.05) is 35.2 Å². The fraction of sp³-hybridized carbons (Fsp3) is 0.278. The van der Waals surface area contributed by atoms with Gasteiger partial charge in [0.1, 0.15) is 5.58 Å². The zero-order chi connectivity index (χ0) is 17.2. The average Bonchev–Trinajstić information content (AvgIpc) is 3.12. The third-order valence-corrected chi connectivity index (χ3v) is 4.36. The molecule has 7 nitrogen and oxygen atoms in total. The number of rotatable bonds is 3. The standard InChI is InChI=1S/C18H18N4O3/c1-24-17-7-6-16(19-20-17)21-8-10-22(11-9-21)18(23)15-12-13-4-2-3-5-14(13)25-15/h2-7,12H,8-11H2,1H3. The molecule has 4 rings (SSSR count). The fourth-order valence-corrected chi connectivity index (χ4v) is 2.97. The van der Waals surface area contributed by atoms with Crippen LogP contribution in [0.25, 0.3) is 11.0 Å². The molecule has 3 aromatic rings. The van der Waals surface area contributed by atoms with Crippen LogP contribution in [0.2, 0.25) is 0 Å². The second-order valence-electron chi connectivity index (χ2n) is 5.86. The molecular weight excluding hydrogens is 320 g/mol. The molecule has 1 saturated heterocycles. The number of nitrogens with zero attached hydrogens (tertiary/aromatic N) is 4. The number of hydrogen-bond acceptors (Lipinski definition) is 6. The van der Waals surface area contributed by atoms with Crippen molar-refractivity contribution < 1.29 is 13.9 Å². The number of carbonyl (C=O) groups is 1. The maximum atomic E-state index is 12.7. The molecule has 1 aromatic carbocycles. The molecule has 2 aromatic heterocycles. The Morgan fingerprint density at radius 2 is 1.88 bits per heavy atom. The number of carbonyl (C=O) groups excluding carboxylic acids is 1. The lowest BCUT2D eigenvalue weighted by Crippen LogP contribution is -2.49. The molecule has 0 aliphatic carbocycles. The Morgan fingerprint density at radius 1 is 1.08 bits per heavy atom. The molecule has 3 heterocycles. The third-order valence-electron chi connectivity index (χ3n) is 4.36. The highest BCUT2D eigenvalue weighted by atomic mass is 16.5. The third kappa shape index (κ3) is 3.00. The van der Waals surface area contributed by atoms with Gasteiger partial charge in [-0.3, -0.25) is 4.79 Å². The molecule has 1 aliphatic heterocycles. The molecule has 0 spiro atoms. The number of benzene rings is 1. The summed E-state index contributed by atoms with van der Waals surface area (Å²) < 4.78 is 10.7. The quantitative estimate of drug-likeness (QED) is 0.729. The number of piperazine rings is 1. The monoisotopic (exact) mass is 338 g/mol. The summed E-state index contributed by atoms with van der Waals surface area (Å²) in [6, 6.07) is 13.1. The zero-order valence-electron chi connectivity index (χ0n) is 13.9. The van der Waals surface area contributed by atoms with E-state index in [1.54, 1.807) is 19.2 Å². The van der Waals surface area contributed by atoms with Crippen molar-refractivity contribution in [3.8, 4) is 5.88 Å². The molecule has 128 valence electrons. The maximum absolute atomic E-state index is 12.7. The summed E-state index contributed by atoms with van der Waals surface area (Å²) in [6.45, 7) is 2.63. The molecule has 0 bridgehead atoms. The first kappa shape index (κ1) is 15.4. The Labute approximate surface area is 144 Å². The van der Waals surface area contributed by atoms with Crippen LogP contribution in [0.4, 0.5) is 5.82 Å². The minimum Gasteiger partial charge on any atom is -0.480 e. The van der Waals surface area contributed by atoms with Crippen LogP contribution in [-0.2, 0) is 0 Å². The van der Waals surface area contributed by atoms with Crippen LogP contribution in [0, 0.1) is 0 Å². The van der Waals surface area contributed by atoms with Gasteiger partial charge >= 0.3 is 0 Å². The molecule has 0 atom stereocenters. The van der Waals surface area contributed by atoms with Gasteiger partial charge in [-0.25, -0.2) is 0 Å². The molecule has 1 aliphatic rings. The van der Waals surface area contributed by atoms with Crippen molar-refractivity contribution in [3.05, 3.63) is 48.2 Å². The Hall–Kier alpha value is -3.09. The summed E-state index contributed by atoms with van der Waals surface area (Å²) in [5.41, 5.74) is 0.734. The largest absolute Gasteiger partial charge is 0.480 e.